The number of nitrogens with one attached hydrogen (secondary N) is 2. The van der Waals surface area contributed by atoms with E-state index in [2.05, 4.69) is 45.6 Å². The standard InChI is InChI=1S/C24H34N6O2.ClH/c1-16(29-14-10-25-11-15-29)17-8-12-30(13-9-17)20-5-3-4-18-22(27-28(2)23(18)20)19-6-7-21(31)26-24(19)32;/h3-5,16-17,19,25H,6-15H2,1-2H3,(H,26,31,32);1H. The molecule has 33 heavy (non-hydrogen) atoms. The molecule has 2 aromatic rings. The number of nitrogens with zero attached hydrogens (tertiary/aromatic N) is 4. The van der Waals surface area contributed by atoms with E-state index in [1.54, 1.807) is 0 Å². The van der Waals surface area contributed by atoms with Crippen LogP contribution in [0.15, 0.2) is 18.2 Å². The predicted molar refractivity (Wildman–Crippen MR) is 132 cm³/mol. The molecule has 2 unspecified atom stereocenters. The van der Waals surface area contributed by atoms with Gasteiger partial charge in [0.15, 0.2) is 0 Å². The second kappa shape index (κ2) is 9.99. The maximum absolute atomic E-state index is 12.5. The van der Waals surface area contributed by atoms with Crippen molar-refractivity contribution < 1.29 is 9.59 Å². The zero-order chi connectivity index (χ0) is 22.2. The monoisotopic (exact) mass is 474 g/mol. The van der Waals surface area contributed by atoms with E-state index in [4.69, 9.17) is 5.10 Å². The molecule has 3 aliphatic rings. The van der Waals surface area contributed by atoms with E-state index in [-0.39, 0.29) is 30.1 Å². The molecule has 0 saturated carbocycles. The van der Waals surface area contributed by atoms with Crippen molar-refractivity contribution in [3.05, 3.63) is 23.9 Å². The Hall–Kier alpha value is -2.16. The molecule has 1 aromatic heterocycles. The van der Waals surface area contributed by atoms with Crippen LogP contribution in [0.4, 0.5) is 5.69 Å². The first kappa shape index (κ1) is 24.0. The summed E-state index contributed by atoms with van der Waals surface area (Å²) in [4.78, 5) is 29.2. The van der Waals surface area contributed by atoms with Crippen LogP contribution in [-0.2, 0) is 16.6 Å². The smallest absolute Gasteiger partial charge is 0.235 e. The Balaban J connectivity index is 0.00000259. The summed E-state index contributed by atoms with van der Waals surface area (Å²) in [6.45, 7) is 8.98. The molecule has 0 radical (unpaired) electrons. The molecule has 180 valence electrons. The van der Waals surface area contributed by atoms with Crippen molar-refractivity contribution in [3.8, 4) is 0 Å². The SMILES string of the molecule is CC(C1CCN(c2cccc3c(C4CCC(=O)NC4=O)nn(C)c23)CC1)N1CCNCC1.Cl. The third-order valence-electron chi connectivity index (χ3n) is 7.73. The normalized spacial score (nSPS) is 23.9. The van der Waals surface area contributed by atoms with Crippen LogP contribution in [0.1, 0.15) is 44.2 Å². The summed E-state index contributed by atoms with van der Waals surface area (Å²) in [5, 5.41) is 11.7. The van der Waals surface area contributed by atoms with Crippen molar-refractivity contribution in [2.45, 2.75) is 44.6 Å². The van der Waals surface area contributed by atoms with Crippen LogP contribution in [0.5, 0.6) is 0 Å². The average molecular weight is 475 g/mol. The zero-order valence-electron chi connectivity index (χ0n) is 19.5. The lowest BCUT2D eigenvalue weighted by atomic mass is 9.88. The molecular weight excluding hydrogens is 440 g/mol. The highest BCUT2D eigenvalue weighted by molar-refractivity contribution is 6.03. The molecule has 2 atom stereocenters. The fraction of sp³-hybridized carbons (Fsp3) is 0.625. The van der Waals surface area contributed by atoms with Gasteiger partial charge in [0.25, 0.3) is 0 Å². The molecular formula is C24H35ClN6O2. The number of hydrogen-bond acceptors (Lipinski definition) is 6. The van der Waals surface area contributed by atoms with E-state index < -0.39 is 0 Å². The Kier molecular flexibility index (Phi) is 7.26. The van der Waals surface area contributed by atoms with Gasteiger partial charge in [0.2, 0.25) is 11.8 Å². The number of benzene rings is 1. The maximum atomic E-state index is 12.5. The largest absolute Gasteiger partial charge is 0.370 e. The van der Waals surface area contributed by atoms with Crippen LogP contribution in [-0.4, -0.2) is 71.8 Å². The summed E-state index contributed by atoms with van der Waals surface area (Å²) < 4.78 is 1.92. The van der Waals surface area contributed by atoms with E-state index in [0.717, 1.165) is 61.8 Å². The molecule has 0 spiro atoms. The van der Waals surface area contributed by atoms with Crippen molar-refractivity contribution in [2.24, 2.45) is 13.0 Å². The van der Waals surface area contributed by atoms with Gasteiger partial charge in [0.1, 0.15) is 0 Å². The molecule has 2 amide bonds. The number of fused-ring (bicyclic) bond motifs is 1. The van der Waals surface area contributed by atoms with E-state index in [1.165, 1.54) is 18.5 Å². The van der Waals surface area contributed by atoms with Crippen molar-refractivity contribution in [2.75, 3.05) is 44.2 Å². The third-order valence-corrected chi connectivity index (χ3v) is 7.73. The number of aryl methyl sites for hydroxylation is 1. The van der Waals surface area contributed by atoms with Gasteiger partial charge in [-0.2, -0.15) is 5.10 Å². The van der Waals surface area contributed by atoms with Gasteiger partial charge in [0.05, 0.1) is 22.8 Å². The third kappa shape index (κ3) is 4.61. The first-order valence-corrected chi connectivity index (χ1v) is 12.0. The number of para-hydroxylation sites is 1. The molecule has 8 nitrogen and oxygen atoms in total. The van der Waals surface area contributed by atoms with Crippen LogP contribution in [0.2, 0.25) is 0 Å². The molecule has 4 heterocycles. The number of halogens is 1. The second-order valence-corrected chi connectivity index (χ2v) is 9.54. The number of carbonyl (C=O) groups is 2. The minimum atomic E-state index is -0.364. The number of anilines is 1. The number of aromatic nitrogens is 2. The van der Waals surface area contributed by atoms with Gasteiger partial charge >= 0.3 is 0 Å². The number of piperazine rings is 1. The number of imide groups is 1. The number of hydrogen-bond donors (Lipinski definition) is 2. The molecule has 3 aliphatic heterocycles. The second-order valence-electron chi connectivity index (χ2n) is 9.54. The van der Waals surface area contributed by atoms with Gasteiger partial charge in [-0.15, -0.1) is 12.4 Å². The van der Waals surface area contributed by atoms with Gasteiger partial charge in [-0.3, -0.25) is 24.5 Å². The molecule has 0 bridgehead atoms. The summed E-state index contributed by atoms with van der Waals surface area (Å²) in [5.41, 5.74) is 3.07. The van der Waals surface area contributed by atoms with Gasteiger partial charge < -0.3 is 10.2 Å². The van der Waals surface area contributed by atoms with Crippen LogP contribution < -0.4 is 15.5 Å². The Bertz CT molecular complexity index is 1010. The molecule has 3 saturated heterocycles. The van der Waals surface area contributed by atoms with Crippen molar-refractivity contribution in [1.82, 2.24) is 25.3 Å². The highest BCUT2D eigenvalue weighted by Crippen LogP contribution is 2.36. The summed E-state index contributed by atoms with van der Waals surface area (Å²) in [6, 6.07) is 6.94. The highest BCUT2D eigenvalue weighted by atomic mass is 35.5. The molecule has 1 aromatic carbocycles. The quantitative estimate of drug-likeness (QED) is 0.660. The van der Waals surface area contributed by atoms with Crippen LogP contribution >= 0.6 is 12.4 Å². The summed E-state index contributed by atoms with van der Waals surface area (Å²) in [7, 11) is 1.96. The summed E-state index contributed by atoms with van der Waals surface area (Å²) in [5.74, 6) is -0.0501. The lowest BCUT2D eigenvalue weighted by Gasteiger charge is -2.42. The molecule has 2 N–H and O–H groups in total. The fourth-order valence-corrected chi connectivity index (χ4v) is 5.82. The lowest BCUT2D eigenvalue weighted by molar-refractivity contribution is -0.134. The van der Waals surface area contributed by atoms with E-state index in [0.29, 0.717) is 18.9 Å². The lowest BCUT2D eigenvalue weighted by Crippen LogP contribution is -2.51. The summed E-state index contributed by atoms with van der Waals surface area (Å²) >= 11 is 0. The molecule has 9 heteroatoms. The van der Waals surface area contributed by atoms with Crippen molar-refractivity contribution >= 4 is 40.8 Å². The number of carbonyl (C=O) groups excluding carboxylic acids is 2. The number of piperidine rings is 2. The molecule has 3 fully saturated rings. The first-order valence-electron chi connectivity index (χ1n) is 12.0. The van der Waals surface area contributed by atoms with Crippen LogP contribution in [0.25, 0.3) is 10.9 Å². The predicted octanol–water partition coefficient (Wildman–Crippen LogP) is 2.03. The highest BCUT2D eigenvalue weighted by Gasteiger charge is 2.33. The Morgan fingerprint density at radius 3 is 2.48 bits per heavy atom. The average Bonchev–Trinajstić information content (AvgIpc) is 3.16. The number of amides is 2. The first-order chi connectivity index (χ1) is 15.5. The molecule has 0 aliphatic carbocycles. The summed E-state index contributed by atoms with van der Waals surface area (Å²) in [6.07, 6.45) is 3.28. The maximum Gasteiger partial charge on any atom is 0.235 e. The van der Waals surface area contributed by atoms with Crippen molar-refractivity contribution in [1.29, 1.82) is 0 Å². The Morgan fingerprint density at radius 2 is 1.79 bits per heavy atom. The van der Waals surface area contributed by atoms with E-state index in [1.807, 2.05) is 11.7 Å². The minimum Gasteiger partial charge on any atom is -0.370 e. The topological polar surface area (TPSA) is 82.5 Å². The van der Waals surface area contributed by atoms with E-state index >= 15 is 0 Å². The van der Waals surface area contributed by atoms with Crippen LogP contribution in [0.3, 0.4) is 0 Å². The Morgan fingerprint density at radius 1 is 1.06 bits per heavy atom. The minimum absolute atomic E-state index is 0. The molecule has 5 rings (SSSR count). The van der Waals surface area contributed by atoms with Crippen LogP contribution in [0, 0.1) is 5.92 Å². The van der Waals surface area contributed by atoms with Gasteiger partial charge in [-0.25, -0.2) is 0 Å². The zero-order valence-corrected chi connectivity index (χ0v) is 20.4. The van der Waals surface area contributed by atoms with Gasteiger partial charge in [-0.05, 0) is 38.2 Å². The van der Waals surface area contributed by atoms with E-state index in [9.17, 15) is 9.59 Å². The Labute approximate surface area is 201 Å². The fourth-order valence-electron chi connectivity index (χ4n) is 5.82. The van der Waals surface area contributed by atoms with Gasteiger partial charge in [0, 0.05) is 64.2 Å². The number of rotatable bonds is 4. The van der Waals surface area contributed by atoms with Crippen molar-refractivity contribution in [3.63, 3.8) is 0 Å². The van der Waals surface area contributed by atoms with Gasteiger partial charge in [-0.1, -0.05) is 12.1 Å².